The number of carbonyl (C=O) groups is 1. The monoisotopic (exact) mass is 309 g/mol. The maximum Gasteiger partial charge on any atom is 0.320 e. The van der Waals surface area contributed by atoms with E-state index in [4.69, 9.17) is 15.4 Å². The average Bonchev–Trinajstić information content (AvgIpc) is 3.06. The summed E-state index contributed by atoms with van der Waals surface area (Å²) in [5, 5.41) is 12.8. The molecule has 1 heterocycles. The van der Waals surface area contributed by atoms with E-state index < -0.39 is 12.0 Å². The van der Waals surface area contributed by atoms with E-state index in [9.17, 15) is 4.79 Å². The molecule has 0 bridgehead atoms. The quantitative estimate of drug-likeness (QED) is 0.750. The highest BCUT2D eigenvalue weighted by Gasteiger charge is 2.13. The number of benzene rings is 2. The van der Waals surface area contributed by atoms with Gasteiger partial charge < -0.3 is 15.4 Å². The summed E-state index contributed by atoms with van der Waals surface area (Å²) in [6.07, 6.45) is 0.275. The second kappa shape index (κ2) is 6.41. The Hall–Kier alpha value is -2.99. The van der Waals surface area contributed by atoms with Gasteiger partial charge in [-0.1, -0.05) is 47.6 Å². The molecule has 0 unspecified atom stereocenters. The molecule has 0 aliphatic heterocycles. The summed E-state index contributed by atoms with van der Waals surface area (Å²) in [6.45, 7) is 0. The van der Waals surface area contributed by atoms with Crippen molar-refractivity contribution < 1.29 is 14.4 Å². The molecule has 23 heavy (non-hydrogen) atoms. The Morgan fingerprint density at radius 2 is 1.78 bits per heavy atom. The molecular formula is C17H15N3O3. The molecule has 0 amide bonds. The van der Waals surface area contributed by atoms with E-state index in [1.165, 1.54) is 0 Å². The van der Waals surface area contributed by atoms with E-state index in [1.54, 1.807) is 0 Å². The van der Waals surface area contributed by atoms with Gasteiger partial charge in [-0.25, -0.2) is 0 Å². The van der Waals surface area contributed by atoms with E-state index in [-0.39, 0.29) is 6.42 Å². The molecule has 6 nitrogen and oxygen atoms in total. The number of nitrogens with two attached hydrogens (primary N) is 1. The minimum absolute atomic E-state index is 0.275. The largest absolute Gasteiger partial charge is 0.480 e. The van der Waals surface area contributed by atoms with Gasteiger partial charge in [0, 0.05) is 11.1 Å². The van der Waals surface area contributed by atoms with E-state index in [0.717, 1.165) is 16.7 Å². The summed E-state index contributed by atoms with van der Waals surface area (Å²) in [7, 11) is 0. The molecule has 6 heteroatoms. The van der Waals surface area contributed by atoms with Crippen LogP contribution >= 0.6 is 0 Å². The molecule has 1 atom stereocenters. The van der Waals surface area contributed by atoms with Crippen LogP contribution in [0.25, 0.3) is 22.8 Å². The van der Waals surface area contributed by atoms with Crippen LogP contribution in [0.4, 0.5) is 0 Å². The van der Waals surface area contributed by atoms with Crippen LogP contribution in [0.1, 0.15) is 5.56 Å². The second-order valence-electron chi connectivity index (χ2n) is 5.13. The Balaban J connectivity index is 1.78. The molecule has 2 aromatic carbocycles. The highest BCUT2D eigenvalue weighted by atomic mass is 16.5. The van der Waals surface area contributed by atoms with Crippen LogP contribution in [-0.4, -0.2) is 27.3 Å². The topological polar surface area (TPSA) is 102 Å². The van der Waals surface area contributed by atoms with Gasteiger partial charge in [0.2, 0.25) is 5.82 Å². The van der Waals surface area contributed by atoms with Crippen LogP contribution in [0.5, 0.6) is 0 Å². The lowest BCUT2D eigenvalue weighted by molar-refractivity contribution is -0.138. The number of rotatable bonds is 5. The molecule has 0 aliphatic carbocycles. The molecule has 0 saturated carbocycles. The van der Waals surface area contributed by atoms with Crippen molar-refractivity contribution in [2.45, 2.75) is 12.5 Å². The number of hydrogen-bond acceptors (Lipinski definition) is 5. The van der Waals surface area contributed by atoms with Gasteiger partial charge in [0.25, 0.3) is 5.89 Å². The summed E-state index contributed by atoms with van der Waals surface area (Å²) in [6, 6.07) is 15.9. The van der Waals surface area contributed by atoms with Gasteiger partial charge >= 0.3 is 5.97 Å². The number of aromatic nitrogens is 2. The molecule has 0 radical (unpaired) electrons. The maximum absolute atomic E-state index is 10.8. The van der Waals surface area contributed by atoms with Crippen LogP contribution in [-0.2, 0) is 11.2 Å². The summed E-state index contributed by atoms with van der Waals surface area (Å²) >= 11 is 0. The number of hydrogen-bond donors (Lipinski definition) is 2. The van der Waals surface area contributed by atoms with E-state index in [0.29, 0.717) is 11.7 Å². The van der Waals surface area contributed by atoms with E-state index in [2.05, 4.69) is 10.1 Å². The zero-order valence-corrected chi connectivity index (χ0v) is 12.2. The average molecular weight is 309 g/mol. The minimum atomic E-state index is -1.01. The first-order chi connectivity index (χ1) is 11.1. The molecular weight excluding hydrogens is 294 g/mol. The van der Waals surface area contributed by atoms with Gasteiger partial charge in [0.05, 0.1) is 0 Å². The highest BCUT2D eigenvalue weighted by molar-refractivity contribution is 5.73. The predicted molar refractivity (Wildman–Crippen MR) is 84.5 cm³/mol. The molecule has 3 N–H and O–H groups in total. The Morgan fingerprint density at radius 1 is 1.09 bits per heavy atom. The van der Waals surface area contributed by atoms with Crippen LogP contribution in [0.2, 0.25) is 0 Å². The second-order valence-corrected chi connectivity index (χ2v) is 5.13. The van der Waals surface area contributed by atoms with Gasteiger partial charge in [0.1, 0.15) is 6.04 Å². The third-order valence-electron chi connectivity index (χ3n) is 3.43. The molecule has 0 fully saturated rings. The molecule has 116 valence electrons. The lowest BCUT2D eigenvalue weighted by Crippen LogP contribution is -2.32. The smallest absolute Gasteiger partial charge is 0.320 e. The van der Waals surface area contributed by atoms with Gasteiger partial charge in [0.15, 0.2) is 0 Å². The Kier molecular flexibility index (Phi) is 4.16. The van der Waals surface area contributed by atoms with Gasteiger partial charge in [-0.3, -0.25) is 4.79 Å². The van der Waals surface area contributed by atoms with Crippen molar-refractivity contribution in [2.75, 3.05) is 0 Å². The van der Waals surface area contributed by atoms with Crippen LogP contribution in [0.3, 0.4) is 0 Å². The van der Waals surface area contributed by atoms with Gasteiger partial charge in [-0.15, -0.1) is 0 Å². The normalized spacial score (nSPS) is 12.0. The van der Waals surface area contributed by atoms with Gasteiger partial charge in [-0.05, 0) is 24.1 Å². The van der Waals surface area contributed by atoms with Crippen LogP contribution in [0.15, 0.2) is 59.1 Å². The first kappa shape index (κ1) is 14.9. The lowest BCUT2D eigenvalue weighted by atomic mass is 10.0. The zero-order chi connectivity index (χ0) is 16.2. The third-order valence-corrected chi connectivity index (χ3v) is 3.43. The minimum Gasteiger partial charge on any atom is -0.480 e. The molecule has 0 aliphatic rings. The van der Waals surface area contributed by atoms with Crippen molar-refractivity contribution >= 4 is 5.97 Å². The number of aliphatic carboxylic acids is 1. The standard InChI is InChI=1S/C17H15N3O3/c18-14(17(21)22)10-11-6-8-12(9-7-11)15-19-16(23-20-15)13-4-2-1-3-5-13/h1-9,14H,10,18H2,(H,21,22)/t14-/m0/s1. The van der Waals surface area contributed by atoms with Crippen molar-refractivity contribution in [3.63, 3.8) is 0 Å². The first-order valence-corrected chi connectivity index (χ1v) is 7.10. The fourth-order valence-electron chi connectivity index (χ4n) is 2.17. The Morgan fingerprint density at radius 3 is 2.43 bits per heavy atom. The molecule has 3 rings (SSSR count). The van der Waals surface area contributed by atoms with Crippen molar-refractivity contribution in [3.05, 3.63) is 60.2 Å². The lowest BCUT2D eigenvalue weighted by Gasteiger charge is -2.06. The number of nitrogens with zero attached hydrogens (tertiary/aromatic N) is 2. The number of carboxylic acids is 1. The molecule has 0 saturated heterocycles. The third kappa shape index (κ3) is 3.44. The predicted octanol–water partition coefficient (Wildman–Crippen LogP) is 2.36. The molecule has 3 aromatic rings. The van der Waals surface area contributed by atoms with Crippen molar-refractivity contribution in [3.8, 4) is 22.8 Å². The van der Waals surface area contributed by atoms with Crippen LogP contribution < -0.4 is 5.73 Å². The van der Waals surface area contributed by atoms with Crippen molar-refractivity contribution in [2.24, 2.45) is 5.73 Å². The zero-order valence-electron chi connectivity index (χ0n) is 12.2. The number of carboxylic acid groups (broad SMARTS) is 1. The van der Waals surface area contributed by atoms with E-state index in [1.807, 2.05) is 54.6 Å². The highest BCUT2D eigenvalue weighted by Crippen LogP contribution is 2.22. The van der Waals surface area contributed by atoms with Crippen LogP contribution in [0, 0.1) is 0 Å². The summed E-state index contributed by atoms with van der Waals surface area (Å²) in [4.78, 5) is 15.1. The SMILES string of the molecule is N[C@@H](Cc1ccc(-c2noc(-c3ccccc3)n2)cc1)C(=O)O. The maximum atomic E-state index is 10.8. The van der Waals surface area contributed by atoms with Gasteiger partial charge in [-0.2, -0.15) is 4.98 Å². The Labute approximate surface area is 132 Å². The summed E-state index contributed by atoms with van der Waals surface area (Å²) < 4.78 is 5.27. The summed E-state index contributed by atoms with van der Waals surface area (Å²) in [5.41, 5.74) is 8.02. The molecule has 1 aromatic heterocycles. The molecule has 0 spiro atoms. The fraction of sp³-hybridized carbons (Fsp3) is 0.118. The first-order valence-electron chi connectivity index (χ1n) is 7.10. The van der Waals surface area contributed by atoms with E-state index >= 15 is 0 Å². The fourth-order valence-corrected chi connectivity index (χ4v) is 2.17. The Bertz CT molecular complexity index is 797. The van der Waals surface area contributed by atoms with Crippen molar-refractivity contribution in [1.82, 2.24) is 10.1 Å². The van der Waals surface area contributed by atoms with Crippen molar-refractivity contribution in [1.29, 1.82) is 0 Å². The summed E-state index contributed by atoms with van der Waals surface area (Å²) in [5.74, 6) is -0.0738.